The maximum absolute atomic E-state index is 5.61. The number of aryl methyl sites for hydroxylation is 1. The zero-order chi connectivity index (χ0) is 15.2. The number of nitrogens with zero attached hydrogens (tertiary/aromatic N) is 3. The van der Waals surface area contributed by atoms with Gasteiger partial charge in [-0.3, -0.25) is 5.10 Å². The predicted molar refractivity (Wildman–Crippen MR) is 83.9 cm³/mol. The second-order valence-corrected chi connectivity index (χ2v) is 4.78. The van der Waals surface area contributed by atoms with Crippen molar-refractivity contribution >= 4 is 18.4 Å². The van der Waals surface area contributed by atoms with E-state index >= 15 is 0 Å². The highest BCUT2D eigenvalue weighted by atomic mass is 32.1. The van der Waals surface area contributed by atoms with Crippen LogP contribution in [0.15, 0.2) is 23.3 Å². The van der Waals surface area contributed by atoms with Gasteiger partial charge in [-0.25, -0.2) is 0 Å². The summed E-state index contributed by atoms with van der Waals surface area (Å²) in [6.45, 7) is 4.55. The van der Waals surface area contributed by atoms with Gasteiger partial charge in [0.25, 0.3) is 0 Å². The summed E-state index contributed by atoms with van der Waals surface area (Å²) in [6.07, 6.45) is 2.65. The van der Waals surface area contributed by atoms with Crippen molar-refractivity contribution in [2.24, 2.45) is 5.10 Å². The van der Waals surface area contributed by atoms with Crippen LogP contribution in [0.2, 0.25) is 0 Å². The second kappa shape index (κ2) is 7.03. The largest absolute Gasteiger partial charge is 0.493 e. The Balaban J connectivity index is 2.23. The summed E-state index contributed by atoms with van der Waals surface area (Å²) in [7, 11) is 1.62. The highest BCUT2D eigenvalue weighted by Gasteiger charge is 2.05. The van der Waals surface area contributed by atoms with Crippen molar-refractivity contribution < 1.29 is 9.47 Å². The van der Waals surface area contributed by atoms with E-state index in [2.05, 4.69) is 22.2 Å². The summed E-state index contributed by atoms with van der Waals surface area (Å²) in [5.41, 5.74) is 0.887. The Morgan fingerprint density at radius 3 is 2.86 bits per heavy atom. The fourth-order valence-corrected chi connectivity index (χ4v) is 1.95. The molecule has 1 heterocycles. The maximum atomic E-state index is 5.61. The molecule has 7 heteroatoms. The molecule has 6 nitrogen and oxygen atoms in total. The van der Waals surface area contributed by atoms with E-state index in [0.717, 1.165) is 17.7 Å². The summed E-state index contributed by atoms with van der Waals surface area (Å²) in [5.74, 6) is 2.11. The first kappa shape index (κ1) is 15.2. The van der Waals surface area contributed by atoms with Crippen molar-refractivity contribution in [3.63, 3.8) is 0 Å². The molecule has 21 heavy (non-hydrogen) atoms. The van der Waals surface area contributed by atoms with Gasteiger partial charge in [0.15, 0.2) is 11.5 Å². The number of nitrogens with one attached hydrogen (secondary N) is 1. The molecule has 0 aliphatic heterocycles. The Morgan fingerprint density at radius 2 is 2.24 bits per heavy atom. The molecule has 0 radical (unpaired) electrons. The summed E-state index contributed by atoms with van der Waals surface area (Å²) in [5, 5.41) is 11.0. The standard InChI is InChI=1S/C14H18N4O2S/c1-4-7-20-12-6-5-11(8-13(12)19-3)9-15-18-10(2)16-17-14(18)21/h5-6,8-9H,4,7H2,1-3H3,(H,17,21)/b15-9-. The number of aromatic nitrogens is 3. The molecule has 0 aliphatic rings. The van der Waals surface area contributed by atoms with E-state index in [0.29, 0.717) is 23.0 Å². The van der Waals surface area contributed by atoms with Crippen LogP contribution in [0.4, 0.5) is 0 Å². The predicted octanol–water partition coefficient (Wildman–Crippen LogP) is 2.93. The van der Waals surface area contributed by atoms with E-state index in [-0.39, 0.29) is 0 Å². The minimum absolute atomic E-state index is 0.457. The number of methoxy groups -OCH3 is 1. The van der Waals surface area contributed by atoms with E-state index in [1.807, 2.05) is 25.1 Å². The number of benzene rings is 1. The number of H-pyrrole nitrogens is 1. The Labute approximate surface area is 128 Å². The smallest absolute Gasteiger partial charge is 0.216 e. The minimum Gasteiger partial charge on any atom is -0.493 e. The van der Waals surface area contributed by atoms with Crippen LogP contribution in [0.5, 0.6) is 11.5 Å². The molecule has 2 aromatic rings. The molecule has 0 spiro atoms. The summed E-state index contributed by atoms with van der Waals surface area (Å²) in [4.78, 5) is 0. The molecular formula is C14H18N4O2S. The number of hydrogen-bond donors (Lipinski definition) is 1. The van der Waals surface area contributed by atoms with E-state index in [4.69, 9.17) is 21.7 Å². The van der Waals surface area contributed by atoms with Crippen molar-refractivity contribution in [1.29, 1.82) is 0 Å². The Hall–Kier alpha value is -2.15. The van der Waals surface area contributed by atoms with Gasteiger partial charge in [0.05, 0.1) is 19.9 Å². The zero-order valence-corrected chi connectivity index (χ0v) is 13.1. The molecule has 1 N–H and O–H groups in total. The monoisotopic (exact) mass is 306 g/mol. The molecule has 0 amide bonds. The molecule has 1 aromatic heterocycles. The van der Waals surface area contributed by atoms with Crippen LogP contribution in [0.1, 0.15) is 24.7 Å². The molecule has 0 atom stereocenters. The quantitative estimate of drug-likeness (QED) is 0.658. The Bertz CT molecular complexity index is 691. The van der Waals surface area contributed by atoms with Crippen LogP contribution in [0.3, 0.4) is 0 Å². The van der Waals surface area contributed by atoms with Gasteiger partial charge in [0, 0.05) is 0 Å². The van der Waals surface area contributed by atoms with Gasteiger partial charge in [0.2, 0.25) is 4.77 Å². The molecule has 0 bridgehead atoms. The summed E-state index contributed by atoms with van der Waals surface area (Å²) < 4.78 is 13.0. The first-order valence-corrected chi connectivity index (χ1v) is 7.05. The van der Waals surface area contributed by atoms with Gasteiger partial charge in [-0.15, -0.1) is 0 Å². The molecule has 2 rings (SSSR count). The van der Waals surface area contributed by atoms with Gasteiger partial charge in [0.1, 0.15) is 5.82 Å². The van der Waals surface area contributed by atoms with Crippen molar-refractivity contribution in [1.82, 2.24) is 14.9 Å². The molecule has 112 valence electrons. The highest BCUT2D eigenvalue weighted by molar-refractivity contribution is 7.71. The van der Waals surface area contributed by atoms with Gasteiger partial charge in [-0.05, 0) is 49.3 Å². The molecule has 0 saturated heterocycles. The van der Waals surface area contributed by atoms with E-state index in [1.54, 1.807) is 18.0 Å². The summed E-state index contributed by atoms with van der Waals surface area (Å²) in [6, 6.07) is 5.65. The number of rotatable bonds is 6. The molecule has 0 aliphatic carbocycles. The fraction of sp³-hybridized carbons (Fsp3) is 0.357. The van der Waals surface area contributed by atoms with Crippen LogP contribution < -0.4 is 9.47 Å². The minimum atomic E-state index is 0.457. The lowest BCUT2D eigenvalue weighted by atomic mass is 10.2. The van der Waals surface area contributed by atoms with Gasteiger partial charge < -0.3 is 9.47 Å². The van der Waals surface area contributed by atoms with Crippen molar-refractivity contribution in [2.75, 3.05) is 13.7 Å². The van der Waals surface area contributed by atoms with E-state index < -0.39 is 0 Å². The third kappa shape index (κ3) is 3.69. The third-order valence-electron chi connectivity index (χ3n) is 2.78. The number of hydrogen-bond acceptors (Lipinski definition) is 5. The van der Waals surface area contributed by atoms with Crippen LogP contribution in [0.25, 0.3) is 0 Å². The lowest BCUT2D eigenvalue weighted by molar-refractivity contribution is 0.294. The maximum Gasteiger partial charge on any atom is 0.216 e. The normalized spacial score (nSPS) is 11.0. The first-order chi connectivity index (χ1) is 10.2. The van der Waals surface area contributed by atoms with Crippen molar-refractivity contribution in [3.8, 4) is 11.5 Å². The Kier molecular flexibility index (Phi) is 5.10. The zero-order valence-electron chi connectivity index (χ0n) is 12.3. The van der Waals surface area contributed by atoms with Crippen molar-refractivity contribution in [3.05, 3.63) is 34.4 Å². The van der Waals surface area contributed by atoms with Crippen LogP contribution in [0, 0.1) is 11.7 Å². The summed E-state index contributed by atoms with van der Waals surface area (Å²) >= 11 is 5.09. The topological polar surface area (TPSA) is 64.4 Å². The fourth-order valence-electron chi connectivity index (χ4n) is 1.73. The van der Waals surface area contributed by atoms with E-state index in [1.165, 1.54) is 0 Å². The van der Waals surface area contributed by atoms with E-state index in [9.17, 15) is 0 Å². The highest BCUT2D eigenvalue weighted by Crippen LogP contribution is 2.27. The SMILES string of the molecule is CCCOc1ccc(/C=N\n2c(C)n[nH]c2=S)cc1OC. The average Bonchev–Trinajstić information content (AvgIpc) is 2.82. The van der Waals surface area contributed by atoms with Crippen LogP contribution in [-0.4, -0.2) is 34.8 Å². The van der Waals surface area contributed by atoms with Crippen LogP contribution >= 0.6 is 12.2 Å². The molecule has 0 fully saturated rings. The first-order valence-electron chi connectivity index (χ1n) is 6.65. The molecule has 0 unspecified atom stereocenters. The average molecular weight is 306 g/mol. The van der Waals surface area contributed by atoms with Gasteiger partial charge >= 0.3 is 0 Å². The van der Waals surface area contributed by atoms with Gasteiger partial charge in [-0.1, -0.05) is 6.92 Å². The van der Waals surface area contributed by atoms with Crippen molar-refractivity contribution in [2.45, 2.75) is 20.3 Å². The number of aromatic amines is 1. The molecular weight excluding hydrogens is 288 g/mol. The van der Waals surface area contributed by atoms with Crippen LogP contribution in [-0.2, 0) is 0 Å². The molecule has 1 aromatic carbocycles. The second-order valence-electron chi connectivity index (χ2n) is 4.39. The lowest BCUT2D eigenvalue weighted by Gasteiger charge is -2.10. The number of ether oxygens (including phenoxy) is 2. The molecule has 0 saturated carbocycles. The van der Waals surface area contributed by atoms with Gasteiger partial charge in [-0.2, -0.15) is 14.9 Å². The lowest BCUT2D eigenvalue weighted by Crippen LogP contribution is -1.99. The Morgan fingerprint density at radius 1 is 1.43 bits per heavy atom. The third-order valence-corrected chi connectivity index (χ3v) is 3.05.